The van der Waals surface area contributed by atoms with E-state index in [0.29, 0.717) is 0 Å². The summed E-state index contributed by atoms with van der Waals surface area (Å²) < 4.78 is 26.9. The molecule has 6 heteroatoms. The van der Waals surface area contributed by atoms with Crippen molar-refractivity contribution in [3.05, 3.63) is 29.8 Å². The van der Waals surface area contributed by atoms with Gasteiger partial charge in [0.2, 0.25) is 11.8 Å². The van der Waals surface area contributed by atoms with E-state index in [1.807, 2.05) is 0 Å². The predicted octanol–water partition coefficient (Wildman–Crippen LogP) is 4.79. The maximum atomic E-state index is 13.8. The molecule has 29 heavy (non-hydrogen) atoms. The summed E-state index contributed by atoms with van der Waals surface area (Å²) in [4.78, 5) is 25.9. The summed E-state index contributed by atoms with van der Waals surface area (Å²) in [6.45, 7) is 8.50. The minimum atomic E-state index is -0.841. The van der Waals surface area contributed by atoms with E-state index in [1.165, 1.54) is 6.07 Å². The van der Waals surface area contributed by atoms with Gasteiger partial charge in [0, 0.05) is 6.07 Å². The summed E-state index contributed by atoms with van der Waals surface area (Å²) >= 11 is 0. The van der Waals surface area contributed by atoms with E-state index in [2.05, 4.69) is 31.4 Å². The summed E-state index contributed by atoms with van der Waals surface area (Å²) in [6, 6.07) is 2.17. The van der Waals surface area contributed by atoms with Gasteiger partial charge in [-0.15, -0.1) is 0 Å². The number of amides is 2. The summed E-state index contributed by atoms with van der Waals surface area (Å²) in [5.41, 5.74) is -0.0442. The molecule has 4 bridgehead atoms. The molecule has 0 aliphatic heterocycles. The number of carbonyl (C=O) groups excluding carboxylic acids is 2. The second-order valence-corrected chi connectivity index (χ2v) is 11.1. The lowest BCUT2D eigenvalue weighted by Gasteiger charge is -2.68. The quantitative estimate of drug-likeness (QED) is 0.758. The Labute approximate surface area is 170 Å². The second kappa shape index (κ2) is 6.26. The molecule has 0 saturated heterocycles. The molecule has 158 valence electrons. The Morgan fingerprint density at radius 3 is 1.93 bits per heavy atom. The molecule has 1 aromatic carbocycles. The molecule has 1 atom stereocenters. The van der Waals surface area contributed by atoms with E-state index in [4.69, 9.17) is 0 Å². The van der Waals surface area contributed by atoms with Gasteiger partial charge in [-0.25, -0.2) is 8.78 Å². The number of halogens is 2. The Morgan fingerprint density at radius 2 is 1.45 bits per heavy atom. The normalized spacial score (nSPS) is 38.6. The largest absolute Gasteiger partial charge is 0.344 e. The molecule has 0 aromatic heterocycles. The topological polar surface area (TPSA) is 58.2 Å². The van der Waals surface area contributed by atoms with Crippen LogP contribution in [0.4, 0.5) is 14.5 Å². The van der Waals surface area contributed by atoms with E-state index in [1.54, 1.807) is 6.92 Å². The van der Waals surface area contributed by atoms with Crippen molar-refractivity contribution in [1.29, 1.82) is 0 Å². The lowest BCUT2D eigenvalue weighted by atomic mass is 9.36. The second-order valence-electron chi connectivity index (χ2n) is 11.1. The minimum Gasteiger partial charge on any atom is -0.344 e. The molecule has 5 rings (SSSR count). The lowest BCUT2D eigenvalue weighted by Crippen LogP contribution is -2.63. The SMILES string of the molecule is C[C@@H](NC(=O)C12CC3(C)CC(C)(CC(C)(C3)C1)C2)C(=O)Nc1ccc(F)cc1F. The van der Waals surface area contributed by atoms with E-state index in [0.717, 1.165) is 50.7 Å². The first-order valence-electron chi connectivity index (χ1n) is 10.4. The molecule has 4 aliphatic rings. The van der Waals surface area contributed by atoms with Gasteiger partial charge >= 0.3 is 0 Å². The summed E-state index contributed by atoms with van der Waals surface area (Å²) in [7, 11) is 0. The van der Waals surface area contributed by atoms with Gasteiger partial charge in [0.25, 0.3) is 0 Å². The fourth-order valence-electron chi connectivity index (χ4n) is 7.78. The fraction of sp³-hybridized carbons (Fsp3) is 0.652. The molecule has 4 aliphatic carbocycles. The van der Waals surface area contributed by atoms with Crippen LogP contribution in [0.15, 0.2) is 18.2 Å². The molecular formula is C23H30F2N2O2. The third kappa shape index (κ3) is 3.55. The average molecular weight is 405 g/mol. The van der Waals surface area contributed by atoms with Crippen molar-refractivity contribution in [3.8, 4) is 0 Å². The number of carbonyl (C=O) groups is 2. The molecule has 0 spiro atoms. The van der Waals surface area contributed by atoms with E-state index in [-0.39, 0.29) is 27.8 Å². The highest BCUT2D eigenvalue weighted by Gasteiger charge is 2.66. The number of benzene rings is 1. The van der Waals surface area contributed by atoms with Crippen LogP contribution in [0.2, 0.25) is 0 Å². The fourth-order valence-corrected chi connectivity index (χ4v) is 7.78. The van der Waals surface area contributed by atoms with Crippen molar-refractivity contribution in [1.82, 2.24) is 5.32 Å². The third-order valence-corrected chi connectivity index (χ3v) is 7.27. The number of anilines is 1. The maximum absolute atomic E-state index is 13.8. The van der Waals surface area contributed by atoms with Crippen molar-refractivity contribution in [2.24, 2.45) is 21.7 Å². The van der Waals surface area contributed by atoms with Gasteiger partial charge in [0.05, 0.1) is 11.1 Å². The van der Waals surface area contributed by atoms with Crippen LogP contribution in [0.3, 0.4) is 0 Å². The zero-order chi connectivity index (χ0) is 21.2. The standard InChI is InChI=1S/C23H30F2N2O2/c1-14(18(28)27-17-6-5-15(24)7-16(17)25)26-19(29)23-11-20(2)8-21(3,12-23)10-22(4,9-20)13-23/h5-7,14H,8-13H2,1-4H3,(H,26,29)(H,27,28)/t14-,20?,21?,22?,23?/m1/s1. The lowest BCUT2D eigenvalue weighted by molar-refractivity contribution is -0.192. The third-order valence-electron chi connectivity index (χ3n) is 7.27. The smallest absolute Gasteiger partial charge is 0.246 e. The highest BCUT2D eigenvalue weighted by Crippen LogP contribution is 2.73. The number of hydrogen-bond acceptors (Lipinski definition) is 2. The zero-order valence-corrected chi connectivity index (χ0v) is 17.6. The van der Waals surface area contributed by atoms with Gasteiger partial charge in [-0.1, -0.05) is 20.8 Å². The van der Waals surface area contributed by atoms with Crippen LogP contribution in [-0.4, -0.2) is 17.9 Å². The van der Waals surface area contributed by atoms with Crippen LogP contribution in [-0.2, 0) is 9.59 Å². The predicted molar refractivity (Wildman–Crippen MR) is 107 cm³/mol. The Kier molecular flexibility index (Phi) is 4.38. The van der Waals surface area contributed by atoms with Crippen LogP contribution in [0.5, 0.6) is 0 Å². The van der Waals surface area contributed by atoms with Gasteiger partial charge in [0.15, 0.2) is 0 Å². The molecule has 1 aromatic rings. The Balaban J connectivity index is 1.48. The first kappa shape index (κ1) is 20.3. The first-order valence-corrected chi connectivity index (χ1v) is 10.4. The number of nitrogens with one attached hydrogen (secondary N) is 2. The summed E-state index contributed by atoms with van der Waals surface area (Å²) in [5, 5.41) is 5.34. The molecule has 4 fully saturated rings. The molecule has 2 amide bonds. The Bertz CT molecular complexity index is 830. The molecule has 2 N–H and O–H groups in total. The van der Waals surface area contributed by atoms with Crippen molar-refractivity contribution < 1.29 is 18.4 Å². The van der Waals surface area contributed by atoms with E-state index >= 15 is 0 Å². The van der Waals surface area contributed by atoms with E-state index in [9.17, 15) is 18.4 Å². The van der Waals surface area contributed by atoms with Gasteiger partial charge in [-0.05, 0) is 73.8 Å². The molecule has 4 saturated carbocycles. The van der Waals surface area contributed by atoms with Crippen LogP contribution in [0.1, 0.15) is 66.2 Å². The van der Waals surface area contributed by atoms with Crippen molar-refractivity contribution in [2.45, 2.75) is 72.3 Å². The van der Waals surface area contributed by atoms with Gasteiger partial charge < -0.3 is 10.6 Å². The molecule has 4 nitrogen and oxygen atoms in total. The molecule has 0 heterocycles. The van der Waals surface area contributed by atoms with Crippen LogP contribution < -0.4 is 10.6 Å². The highest BCUT2D eigenvalue weighted by molar-refractivity contribution is 5.97. The summed E-state index contributed by atoms with van der Waals surface area (Å²) in [5.74, 6) is -2.13. The maximum Gasteiger partial charge on any atom is 0.246 e. The van der Waals surface area contributed by atoms with E-state index < -0.39 is 29.0 Å². The monoisotopic (exact) mass is 404 g/mol. The minimum absolute atomic E-state index is 0.0671. The molecule has 0 radical (unpaired) electrons. The average Bonchev–Trinajstić information content (AvgIpc) is 2.52. The first-order chi connectivity index (χ1) is 13.4. The Morgan fingerprint density at radius 1 is 0.931 bits per heavy atom. The van der Waals surface area contributed by atoms with Crippen molar-refractivity contribution in [2.75, 3.05) is 5.32 Å². The van der Waals surface area contributed by atoms with Gasteiger partial charge in [0.1, 0.15) is 17.7 Å². The van der Waals surface area contributed by atoms with Crippen LogP contribution in [0.25, 0.3) is 0 Å². The van der Waals surface area contributed by atoms with Crippen molar-refractivity contribution in [3.63, 3.8) is 0 Å². The number of rotatable bonds is 4. The zero-order valence-electron chi connectivity index (χ0n) is 17.6. The summed E-state index contributed by atoms with van der Waals surface area (Å²) in [6.07, 6.45) is 6.05. The highest BCUT2D eigenvalue weighted by atomic mass is 19.1. The molecular weight excluding hydrogens is 374 g/mol. The van der Waals surface area contributed by atoms with Crippen LogP contribution in [0, 0.1) is 33.3 Å². The number of hydrogen-bond donors (Lipinski definition) is 2. The van der Waals surface area contributed by atoms with Gasteiger partial charge in [-0.2, -0.15) is 0 Å². The van der Waals surface area contributed by atoms with Crippen molar-refractivity contribution >= 4 is 17.5 Å². The molecule has 0 unspecified atom stereocenters. The Hall–Kier alpha value is -1.98. The van der Waals surface area contributed by atoms with Gasteiger partial charge in [-0.3, -0.25) is 9.59 Å². The van der Waals surface area contributed by atoms with Crippen LogP contribution >= 0.6 is 0 Å².